The van der Waals surface area contributed by atoms with Gasteiger partial charge in [-0.15, -0.1) is 0 Å². The number of halogens is 1. The smallest absolute Gasteiger partial charge is 0.248 e. The number of fused-ring (bicyclic) bond motifs is 1. The summed E-state index contributed by atoms with van der Waals surface area (Å²) in [6.45, 7) is 2.90. The lowest BCUT2D eigenvalue weighted by molar-refractivity contribution is -0.135. The van der Waals surface area contributed by atoms with Crippen LogP contribution in [0, 0.1) is 5.82 Å². The summed E-state index contributed by atoms with van der Waals surface area (Å²) in [5.41, 5.74) is 2.71. The van der Waals surface area contributed by atoms with Crippen molar-refractivity contribution < 1.29 is 19.4 Å². The van der Waals surface area contributed by atoms with Gasteiger partial charge in [-0.2, -0.15) is 5.10 Å². The fourth-order valence-electron chi connectivity index (χ4n) is 5.96. The molecule has 4 N–H and O–H groups in total. The van der Waals surface area contributed by atoms with Crippen LogP contribution in [0.1, 0.15) is 31.2 Å². The van der Waals surface area contributed by atoms with Crippen molar-refractivity contribution in [1.82, 2.24) is 34.7 Å². The van der Waals surface area contributed by atoms with E-state index >= 15 is 4.39 Å². The van der Waals surface area contributed by atoms with Gasteiger partial charge in [0.1, 0.15) is 18.1 Å². The highest BCUT2D eigenvalue weighted by Gasteiger charge is 2.27. The molecular formula is C31H37FN8O3. The maximum Gasteiger partial charge on any atom is 0.248 e. The highest BCUT2D eigenvalue weighted by atomic mass is 19.1. The van der Waals surface area contributed by atoms with Crippen LogP contribution in [-0.4, -0.2) is 97.4 Å². The van der Waals surface area contributed by atoms with Gasteiger partial charge in [-0.25, -0.2) is 18.9 Å². The number of anilines is 1. The Labute approximate surface area is 249 Å². The number of benzene rings is 1. The number of nitrogens with one attached hydrogen (secondary N) is 2. The van der Waals surface area contributed by atoms with Crippen molar-refractivity contribution in [3.05, 3.63) is 60.2 Å². The number of aromatic hydroxyl groups is 1. The summed E-state index contributed by atoms with van der Waals surface area (Å²) in [7, 11) is 2.12. The minimum atomic E-state index is -0.648. The zero-order valence-corrected chi connectivity index (χ0v) is 24.2. The van der Waals surface area contributed by atoms with Gasteiger partial charge >= 0.3 is 0 Å². The number of likely N-dealkylation sites (tertiary alicyclic amines) is 2. The zero-order chi connectivity index (χ0) is 29.9. The van der Waals surface area contributed by atoms with E-state index < -0.39 is 12.4 Å². The molecule has 2 saturated heterocycles. The molecule has 0 aliphatic carbocycles. The number of hydrogen-bond acceptors (Lipinski definition) is 9. The maximum atomic E-state index is 16.3. The molecule has 1 aromatic carbocycles. The summed E-state index contributed by atoms with van der Waals surface area (Å²) in [6.07, 6.45) is 6.98. The molecule has 2 aliphatic heterocycles. The lowest BCUT2D eigenvalue weighted by Crippen LogP contribution is -2.46. The van der Waals surface area contributed by atoms with Gasteiger partial charge in [0.15, 0.2) is 17.5 Å². The topological polar surface area (TPSA) is 131 Å². The van der Waals surface area contributed by atoms with E-state index in [9.17, 15) is 15.0 Å². The number of piperidine rings is 2. The fraction of sp³-hybridized carbons (Fsp3) is 0.419. The molecule has 0 bridgehead atoms. The SMILES string of the molecule is CN1CCC(NCc2cc(O)cc(-c3nc(-c4cnn5ccccc45)nc(N[C@@H]4CCCN(C(=O)CO)C4)c3F)c2)CC1. The summed E-state index contributed by atoms with van der Waals surface area (Å²) < 4.78 is 18.0. The average molecular weight is 589 g/mol. The number of hydrogen-bond donors (Lipinski definition) is 4. The first-order valence-electron chi connectivity index (χ1n) is 14.8. The van der Waals surface area contributed by atoms with E-state index in [4.69, 9.17) is 0 Å². The molecule has 2 aliphatic rings. The van der Waals surface area contributed by atoms with Crippen LogP contribution in [0.15, 0.2) is 48.8 Å². The Kier molecular flexibility index (Phi) is 8.50. The molecule has 4 aromatic rings. The molecule has 11 nitrogen and oxygen atoms in total. The van der Waals surface area contributed by atoms with Crippen LogP contribution in [-0.2, 0) is 11.3 Å². The van der Waals surface area contributed by atoms with Gasteiger partial charge in [-0.1, -0.05) is 6.07 Å². The minimum absolute atomic E-state index is 0.00734. The summed E-state index contributed by atoms with van der Waals surface area (Å²) >= 11 is 0. The molecule has 3 aromatic heterocycles. The number of nitrogens with zero attached hydrogens (tertiary/aromatic N) is 6. The lowest BCUT2D eigenvalue weighted by Gasteiger charge is -2.33. The highest BCUT2D eigenvalue weighted by Crippen LogP contribution is 2.33. The molecule has 6 rings (SSSR count). The molecule has 0 spiro atoms. The van der Waals surface area contributed by atoms with Gasteiger partial charge in [-0.3, -0.25) is 4.79 Å². The quantitative estimate of drug-likeness (QED) is 0.245. The number of aliphatic hydroxyl groups excluding tert-OH is 1. The van der Waals surface area contributed by atoms with Gasteiger partial charge in [-0.05, 0) is 81.7 Å². The van der Waals surface area contributed by atoms with Crippen LogP contribution in [0.25, 0.3) is 28.2 Å². The number of carbonyl (C=O) groups excluding carboxylic acids is 1. The molecule has 12 heteroatoms. The van der Waals surface area contributed by atoms with E-state index in [0.717, 1.165) is 37.0 Å². The van der Waals surface area contributed by atoms with Crippen molar-refractivity contribution in [2.45, 2.75) is 44.3 Å². The third-order valence-corrected chi connectivity index (χ3v) is 8.33. The van der Waals surface area contributed by atoms with Crippen LogP contribution >= 0.6 is 0 Å². The van der Waals surface area contributed by atoms with Crippen LogP contribution in [0.3, 0.4) is 0 Å². The summed E-state index contributed by atoms with van der Waals surface area (Å²) in [4.78, 5) is 25.3. The van der Waals surface area contributed by atoms with E-state index in [1.165, 1.54) is 6.07 Å². The number of carbonyl (C=O) groups is 1. The third kappa shape index (κ3) is 6.46. The largest absolute Gasteiger partial charge is 0.508 e. The Balaban J connectivity index is 1.35. The first-order valence-corrected chi connectivity index (χ1v) is 14.8. The average Bonchev–Trinajstić information content (AvgIpc) is 3.45. The van der Waals surface area contributed by atoms with Gasteiger partial charge in [0.05, 0.1) is 17.3 Å². The third-order valence-electron chi connectivity index (χ3n) is 8.33. The van der Waals surface area contributed by atoms with Gasteiger partial charge in [0, 0.05) is 43.5 Å². The predicted octanol–water partition coefficient (Wildman–Crippen LogP) is 2.88. The Hall–Kier alpha value is -4.13. The Bertz CT molecular complexity index is 1600. The van der Waals surface area contributed by atoms with Crippen LogP contribution in [0.2, 0.25) is 0 Å². The maximum absolute atomic E-state index is 16.3. The van der Waals surface area contributed by atoms with E-state index in [1.54, 1.807) is 21.7 Å². The van der Waals surface area contributed by atoms with Crippen molar-refractivity contribution in [2.24, 2.45) is 0 Å². The Morgan fingerprint density at radius 2 is 1.93 bits per heavy atom. The number of phenolic OH excluding ortho intramolecular Hbond substituents is 1. The molecule has 43 heavy (non-hydrogen) atoms. The number of rotatable bonds is 8. The van der Waals surface area contributed by atoms with Crippen LogP contribution in [0.5, 0.6) is 5.75 Å². The molecule has 5 heterocycles. The lowest BCUT2D eigenvalue weighted by atomic mass is 10.0. The van der Waals surface area contributed by atoms with Crippen molar-refractivity contribution in [1.29, 1.82) is 0 Å². The molecule has 1 atom stereocenters. The van der Waals surface area contributed by atoms with Crippen LogP contribution < -0.4 is 10.6 Å². The monoisotopic (exact) mass is 588 g/mol. The fourth-order valence-corrected chi connectivity index (χ4v) is 5.96. The molecule has 0 unspecified atom stereocenters. The normalized spacial score (nSPS) is 18.3. The second kappa shape index (κ2) is 12.6. The van der Waals surface area contributed by atoms with E-state index in [-0.39, 0.29) is 35.0 Å². The van der Waals surface area contributed by atoms with Crippen molar-refractivity contribution in [3.63, 3.8) is 0 Å². The Morgan fingerprint density at radius 1 is 1.09 bits per heavy atom. The number of aliphatic hydroxyl groups is 1. The zero-order valence-electron chi connectivity index (χ0n) is 24.2. The van der Waals surface area contributed by atoms with Crippen molar-refractivity contribution >= 4 is 17.2 Å². The molecule has 2 fully saturated rings. The Morgan fingerprint density at radius 3 is 2.74 bits per heavy atom. The van der Waals surface area contributed by atoms with Gasteiger partial charge in [0.2, 0.25) is 5.91 Å². The summed E-state index contributed by atoms with van der Waals surface area (Å²) in [5, 5.41) is 31.2. The first kappa shape index (κ1) is 29.0. The van der Waals surface area contributed by atoms with Crippen molar-refractivity contribution in [2.75, 3.05) is 45.2 Å². The molecular weight excluding hydrogens is 551 g/mol. The molecule has 226 valence electrons. The van der Waals surface area contributed by atoms with Crippen molar-refractivity contribution in [3.8, 4) is 28.4 Å². The predicted molar refractivity (Wildman–Crippen MR) is 161 cm³/mol. The molecule has 0 saturated carbocycles. The van der Waals surface area contributed by atoms with E-state index in [1.807, 2.05) is 30.5 Å². The van der Waals surface area contributed by atoms with Gasteiger partial charge in [0.25, 0.3) is 0 Å². The summed E-state index contributed by atoms with van der Waals surface area (Å²) in [6, 6.07) is 10.8. The summed E-state index contributed by atoms with van der Waals surface area (Å²) in [5.74, 6) is -0.691. The highest BCUT2D eigenvalue weighted by molar-refractivity contribution is 5.79. The minimum Gasteiger partial charge on any atom is -0.508 e. The van der Waals surface area contributed by atoms with E-state index in [0.29, 0.717) is 49.6 Å². The van der Waals surface area contributed by atoms with Gasteiger partial charge < -0.3 is 30.6 Å². The number of aromatic nitrogens is 4. The second-order valence-corrected chi connectivity index (χ2v) is 11.5. The molecule has 1 amide bonds. The number of phenols is 1. The second-order valence-electron chi connectivity index (χ2n) is 11.5. The number of amides is 1. The first-order chi connectivity index (χ1) is 20.9. The molecule has 0 radical (unpaired) electrons. The van der Waals surface area contributed by atoms with E-state index in [2.05, 4.69) is 37.6 Å². The number of pyridine rings is 1. The van der Waals surface area contributed by atoms with Crippen LogP contribution in [0.4, 0.5) is 10.2 Å². The standard InChI is InChI=1S/C31H37FN8O3/c1-38-11-7-22(8-12-38)33-16-20-13-21(15-24(42)14-20)29-28(32)31(35-23-5-4-9-39(18-23)27(43)19-41)37-30(36-29)25-17-34-40-10-3-2-6-26(25)40/h2-3,6,10,13-15,17,22-23,33,41-42H,4-5,7-9,11-12,16,18-19H2,1H3,(H,35,36,37)/t23-/m1/s1.